The Balaban J connectivity index is 1.75. The number of nitrogens with one attached hydrogen (secondary N) is 1. The maximum Gasteiger partial charge on any atom is 0.269 e. The largest absolute Gasteiger partial charge is 0.314 e. The number of nitrogens with zero attached hydrogens (tertiary/aromatic N) is 3. The van der Waals surface area contributed by atoms with Gasteiger partial charge in [-0.3, -0.25) is 20.0 Å². The third-order valence-electron chi connectivity index (χ3n) is 3.96. The molecule has 0 amide bonds. The fourth-order valence-corrected chi connectivity index (χ4v) is 2.79. The molecule has 0 spiro atoms. The molecule has 0 aliphatic carbocycles. The normalized spacial score (nSPS) is 19.0. The summed E-state index contributed by atoms with van der Waals surface area (Å²) in [5.74, 6) is 0. The average molecular weight is 298 g/mol. The van der Waals surface area contributed by atoms with Crippen molar-refractivity contribution < 1.29 is 4.92 Å². The molecular weight excluding hydrogens is 280 g/mol. The highest BCUT2D eigenvalue weighted by atomic mass is 16.6. The van der Waals surface area contributed by atoms with Gasteiger partial charge in [-0.1, -0.05) is 18.2 Å². The first-order valence-corrected chi connectivity index (χ1v) is 7.32. The van der Waals surface area contributed by atoms with Crippen LogP contribution in [0.3, 0.4) is 0 Å². The molecule has 1 aliphatic rings. The van der Waals surface area contributed by atoms with Gasteiger partial charge in [-0.25, -0.2) is 0 Å². The Morgan fingerprint density at radius 1 is 1.32 bits per heavy atom. The topological polar surface area (TPSA) is 71.3 Å². The first kappa shape index (κ1) is 14.6. The van der Waals surface area contributed by atoms with Gasteiger partial charge in [0.25, 0.3) is 5.69 Å². The molecule has 3 rings (SSSR count). The molecule has 2 heterocycles. The maximum absolute atomic E-state index is 10.7. The Kier molecular flexibility index (Phi) is 4.41. The van der Waals surface area contributed by atoms with Crippen molar-refractivity contribution in [3.05, 3.63) is 70.0 Å². The second-order valence-electron chi connectivity index (χ2n) is 5.40. The van der Waals surface area contributed by atoms with E-state index in [0.29, 0.717) is 0 Å². The maximum atomic E-state index is 10.7. The summed E-state index contributed by atoms with van der Waals surface area (Å²) >= 11 is 0. The predicted molar refractivity (Wildman–Crippen MR) is 83.4 cm³/mol. The van der Waals surface area contributed by atoms with E-state index >= 15 is 0 Å². The predicted octanol–water partition coefficient (Wildman–Crippen LogP) is 2.14. The summed E-state index contributed by atoms with van der Waals surface area (Å²) < 4.78 is 0. The van der Waals surface area contributed by atoms with E-state index < -0.39 is 0 Å². The van der Waals surface area contributed by atoms with Crippen LogP contribution in [0.15, 0.2) is 48.8 Å². The van der Waals surface area contributed by atoms with E-state index in [1.165, 1.54) is 5.56 Å². The van der Waals surface area contributed by atoms with Gasteiger partial charge in [-0.15, -0.1) is 0 Å². The molecule has 6 heteroatoms. The number of benzene rings is 1. The molecule has 22 heavy (non-hydrogen) atoms. The van der Waals surface area contributed by atoms with Crippen LogP contribution in [0.25, 0.3) is 0 Å². The summed E-state index contributed by atoms with van der Waals surface area (Å²) in [6, 6.07) is 11.1. The van der Waals surface area contributed by atoms with Gasteiger partial charge < -0.3 is 5.32 Å². The van der Waals surface area contributed by atoms with Crippen LogP contribution in [-0.4, -0.2) is 34.4 Å². The van der Waals surface area contributed by atoms with Gasteiger partial charge in [0.1, 0.15) is 0 Å². The van der Waals surface area contributed by atoms with E-state index in [-0.39, 0.29) is 16.7 Å². The van der Waals surface area contributed by atoms with Gasteiger partial charge in [-0.05, 0) is 17.2 Å². The first-order chi connectivity index (χ1) is 10.7. The van der Waals surface area contributed by atoms with E-state index in [4.69, 9.17) is 0 Å². The minimum Gasteiger partial charge on any atom is -0.314 e. The number of nitro groups is 1. The van der Waals surface area contributed by atoms with Crippen molar-refractivity contribution in [3.63, 3.8) is 0 Å². The van der Waals surface area contributed by atoms with E-state index in [1.54, 1.807) is 18.3 Å². The van der Waals surface area contributed by atoms with E-state index in [1.807, 2.05) is 24.4 Å². The molecule has 0 bridgehead atoms. The number of piperazine rings is 1. The van der Waals surface area contributed by atoms with Crippen LogP contribution in [0.1, 0.15) is 17.2 Å². The van der Waals surface area contributed by atoms with Gasteiger partial charge in [-0.2, -0.15) is 0 Å². The second kappa shape index (κ2) is 6.64. The highest BCUT2D eigenvalue weighted by Crippen LogP contribution is 2.24. The van der Waals surface area contributed by atoms with Crippen LogP contribution in [0.4, 0.5) is 5.69 Å². The van der Waals surface area contributed by atoms with Crippen molar-refractivity contribution in [2.45, 2.75) is 12.6 Å². The van der Waals surface area contributed by atoms with E-state index in [0.717, 1.165) is 31.7 Å². The molecule has 1 aromatic carbocycles. The molecule has 1 aromatic heterocycles. The minimum absolute atomic E-state index is 0.132. The van der Waals surface area contributed by atoms with E-state index in [9.17, 15) is 10.1 Å². The molecule has 2 aromatic rings. The highest BCUT2D eigenvalue weighted by molar-refractivity contribution is 5.33. The third-order valence-corrected chi connectivity index (χ3v) is 3.96. The quantitative estimate of drug-likeness (QED) is 0.691. The smallest absolute Gasteiger partial charge is 0.269 e. The minimum atomic E-state index is -0.368. The summed E-state index contributed by atoms with van der Waals surface area (Å²) in [6.45, 7) is 3.55. The van der Waals surface area contributed by atoms with Crippen molar-refractivity contribution in [1.82, 2.24) is 15.2 Å². The van der Waals surface area contributed by atoms with Crippen molar-refractivity contribution in [2.24, 2.45) is 0 Å². The number of hydrogen-bond donors (Lipinski definition) is 1. The molecule has 1 unspecified atom stereocenters. The van der Waals surface area contributed by atoms with Crippen LogP contribution < -0.4 is 5.32 Å². The lowest BCUT2D eigenvalue weighted by Gasteiger charge is -2.36. The SMILES string of the molecule is O=[N+]([O-])c1ccc(CN2CCNCC2c2cccnc2)cc1. The first-order valence-electron chi connectivity index (χ1n) is 7.32. The van der Waals surface area contributed by atoms with Crippen molar-refractivity contribution in [3.8, 4) is 0 Å². The standard InChI is InChI=1S/C16H18N4O2/c21-20(22)15-5-3-13(4-6-15)12-19-9-8-18-11-16(19)14-2-1-7-17-10-14/h1-7,10,16,18H,8-9,11-12H2. The molecule has 0 saturated carbocycles. The van der Waals surface area contributed by atoms with Crippen LogP contribution in [-0.2, 0) is 6.54 Å². The Morgan fingerprint density at radius 3 is 2.82 bits per heavy atom. The second-order valence-corrected chi connectivity index (χ2v) is 5.40. The fraction of sp³-hybridized carbons (Fsp3) is 0.312. The lowest BCUT2D eigenvalue weighted by atomic mass is 10.0. The summed E-state index contributed by atoms with van der Waals surface area (Å²) in [5.41, 5.74) is 2.41. The Bertz CT molecular complexity index is 630. The molecule has 1 fully saturated rings. The highest BCUT2D eigenvalue weighted by Gasteiger charge is 2.23. The lowest BCUT2D eigenvalue weighted by molar-refractivity contribution is -0.384. The van der Waals surface area contributed by atoms with Gasteiger partial charge in [0.05, 0.1) is 4.92 Å². The molecule has 1 aliphatic heterocycles. The van der Waals surface area contributed by atoms with Crippen molar-refractivity contribution in [2.75, 3.05) is 19.6 Å². The Hall–Kier alpha value is -2.31. The van der Waals surface area contributed by atoms with Gasteiger partial charge >= 0.3 is 0 Å². The lowest BCUT2D eigenvalue weighted by Crippen LogP contribution is -2.45. The number of pyridine rings is 1. The number of rotatable bonds is 4. The number of non-ortho nitro benzene ring substituents is 1. The van der Waals surface area contributed by atoms with Crippen LogP contribution in [0.2, 0.25) is 0 Å². The zero-order valence-electron chi connectivity index (χ0n) is 12.2. The summed E-state index contributed by atoms with van der Waals surface area (Å²) in [4.78, 5) is 16.9. The Labute approximate surface area is 128 Å². The summed E-state index contributed by atoms with van der Waals surface area (Å²) in [5, 5.41) is 14.1. The average Bonchev–Trinajstić information content (AvgIpc) is 2.57. The third kappa shape index (κ3) is 3.29. The number of hydrogen-bond acceptors (Lipinski definition) is 5. The van der Waals surface area contributed by atoms with Crippen LogP contribution in [0, 0.1) is 10.1 Å². The molecule has 1 atom stereocenters. The van der Waals surface area contributed by atoms with Crippen LogP contribution >= 0.6 is 0 Å². The Morgan fingerprint density at radius 2 is 2.14 bits per heavy atom. The molecule has 1 saturated heterocycles. The zero-order valence-corrected chi connectivity index (χ0v) is 12.2. The van der Waals surface area contributed by atoms with Crippen molar-refractivity contribution in [1.29, 1.82) is 0 Å². The van der Waals surface area contributed by atoms with Gasteiger partial charge in [0.15, 0.2) is 0 Å². The zero-order chi connectivity index (χ0) is 15.4. The number of aromatic nitrogens is 1. The molecule has 114 valence electrons. The van der Waals surface area contributed by atoms with Gasteiger partial charge in [0, 0.05) is 56.7 Å². The summed E-state index contributed by atoms with van der Waals surface area (Å²) in [7, 11) is 0. The van der Waals surface area contributed by atoms with Crippen LogP contribution in [0.5, 0.6) is 0 Å². The molecule has 0 radical (unpaired) electrons. The molecular formula is C16H18N4O2. The van der Waals surface area contributed by atoms with Gasteiger partial charge in [0.2, 0.25) is 0 Å². The molecule has 1 N–H and O–H groups in total. The fourth-order valence-electron chi connectivity index (χ4n) is 2.79. The number of nitro benzene ring substituents is 1. The summed E-state index contributed by atoms with van der Waals surface area (Å²) in [6.07, 6.45) is 3.68. The monoisotopic (exact) mass is 298 g/mol. The van der Waals surface area contributed by atoms with Crippen molar-refractivity contribution >= 4 is 5.69 Å². The van der Waals surface area contributed by atoms with E-state index in [2.05, 4.69) is 21.3 Å². The molecule has 6 nitrogen and oxygen atoms in total.